The summed E-state index contributed by atoms with van der Waals surface area (Å²) < 4.78 is 17.2. The molecule has 0 N–H and O–H groups in total. The van der Waals surface area contributed by atoms with Crippen LogP contribution in [0.3, 0.4) is 0 Å². The molecule has 1 aliphatic heterocycles. The molecule has 3 rings (SSSR count). The van der Waals surface area contributed by atoms with E-state index in [4.69, 9.17) is 4.74 Å². The number of carbonyl (C=O) groups excluding carboxylic acids is 1. The topological polar surface area (TPSA) is 46.6 Å². The van der Waals surface area contributed by atoms with Crippen molar-refractivity contribution in [1.29, 1.82) is 0 Å². The molecule has 1 unspecified atom stereocenters. The Kier molecular flexibility index (Phi) is 4.24. The van der Waals surface area contributed by atoms with Gasteiger partial charge >= 0.3 is 0 Å². The molecule has 114 valence electrons. The standard InChI is InChI=1S/C17H17NO3S/c1-21-14-6-4-5-13(11-14)12-17(19)18-9-10-22(20)16-8-3-2-7-15(16)18/h2-8,11H,9-10,12H2,1H3. The second kappa shape index (κ2) is 6.32. The third kappa shape index (κ3) is 2.90. The number of rotatable bonds is 3. The summed E-state index contributed by atoms with van der Waals surface area (Å²) in [6.45, 7) is 0.492. The number of para-hydroxylation sites is 1. The van der Waals surface area contributed by atoms with Crippen molar-refractivity contribution in [3.63, 3.8) is 0 Å². The highest BCUT2D eigenvalue weighted by atomic mass is 32.2. The smallest absolute Gasteiger partial charge is 0.231 e. The zero-order valence-corrected chi connectivity index (χ0v) is 13.1. The second-order valence-corrected chi connectivity index (χ2v) is 6.63. The van der Waals surface area contributed by atoms with E-state index in [1.54, 1.807) is 12.0 Å². The Morgan fingerprint density at radius 2 is 2.05 bits per heavy atom. The van der Waals surface area contributed by atoms with Gasteiger partial charge in [-0.05, 0) is 29.8 Å². The fraction of sp³-hybridized carbons (Fsp3) is 0.235. The minimum Gasteiger partial charge on any atom is -0.497 e. The van der Waals surface area contributed by atoms with Crippen LogP contribution < -0.4 is 9.64 Å². The number of carbonyl (C=O) groups is 1. The van der Waals surface area contributed by atoms with Crippen molar-refractivity contribution < 1.29 is 13.7 Å². The lowest BCUT2D eigenvalue weighted by Gasteiger charge is -2.29. The average Bonchev–Trinajstić information content (AvgIpc) is 2.55. The van der Waals surface area contributed by atoms with Gasteiger partial charge in [0.05, 0.1) is 34.9 Å². The molecule has 22 heavy (non-hydrogen) atoms. The number of methoxy groups -OCH3 is 1. The summed E-state index contributed by atoms with van der Waals surface area (Å²) in [5.74, 6) is 1.24. The first-order chi connectivity index (χ1) is 10.7. The summed E-state index contributed by atoms with van der Waals surface area (Å²) in [5.41, 5.74) is 1.67. The number of ether oxygens (including phenoxy) is 1. The van der Waals surface area contributed by atoms with Gasteiger partial charge in [0.1, 0.15) is 5.75 Å². The van der Waals surface area contributed by atoms with Gasteiger partial charge in [0.15, 0.2) is 0 Å². The van der Waals surface area contributed by atoms with Gasteiger partial charge in [0.25, 0.3) is 0 Å². The summed E-state index contributed by atoms with van der Waals surface area (Å²) >= 11 is 0. The van der Waals surface area contributed by atoms with Crippen LogP contribution in [0.25, 0.3) is 0 Å². The van der Waals surface area contributed by atoms with Crippen LogP contribution in [0.1, 0.15) is 5.56 Å². The highest BCUT2D eigenvalue weighted by Crippen LogP contribution is 2.28. The van der Waals surface area contributed by atoms with Crippen molar-refractivity contribution in [2.24, 2.45) is 0 Å². The Balaban J connectivity index is 1.84. The summed E-state index contributed by atoms with van der Waals surface area (Å²) in [6, 6.07) is 14.9. The molecule has 0 fully saturated rings. The van der Waals surface area contributed by atoms with E-state index < -0.39 is 10.8 Å². The molecule has 2 aromatic rings. The van der Waals surface area contributed by atoms with Crippen LogP contribution >= 0.6 is 0 Å². The average molecular weight is 315 g/mol. The number of hydrogen-bond donors (Lipinski definition) is 0. The molecule has 1 amide bonds. The molecule has 0 saturated carbocycles. The van der Waals surface area contributed by atoms with Crippen molar-refractivity contribution in [2.75, 3.05) is 24.3 Å². The van der Waals surface area contributed by atoms with Crippen LogP contribution in [-0.2, 0) is 22.0 Å². The van der Waals surface area contributed by atoms with E-state index in [0.717, 1.165) is 21.9 Å². The van der Waals surface area contributed by atoms with Crippen LogP contribution in [0.2, 0.25) is 0 Å². The van der Waals surface area contributed by atoms with Crippen molar-refractivity contribution in [3.05, 3.63) is 54.1 Å². The van der Waals surface area contributed by atoms with Crippen LogP contribution in [0.15, 0.2) is 53.4 Å². The Labute approximate surface area is 132 Å². The van der Waals surface area contributed by atoms with Crippen molar-refractivity contribution >= 4 is 22.4 Å². The highest BCUT2D eigenvalue weighted by molar-refractivity contribution is 7.85. The minimum atomic E-state index is -1.02. The second-order valence-electron chi connectivity index (χ2n) is 5.09. The van der Waals surface area contributed by atoms with E-state index >= 15 is 0 Å². The van der Waals surface area contributed by atoms with Crippen LogP contribution in [0, 0.1) is 0 Å². The van der Waals surface area contributed by atoms with Crippen molar-refractivity contribution in [1.82, 2.24) is 0 Å². The van der Waals surface area contributed by atoms with E-state index in [0.29, 0.717) is 18.7 Å². The summed E-state index contributed by atoms with van der Waals surface area (Å²) in [5, 5.41) is 0. The van der Waals surface area contributed by atoms with E-state index in [-0.39, 0.29) is 5.91 Å². The molecule has 0 aromatic heterocycles. The van der Waals surface area contributed by atoms with Gasteiger partial charge in [-0.1, -0.05) is 24.3 Å². The molecule has 0 radical (unpaired) electrons. The van der Waals surface area contributed by atoms with Crippen molar-refractivity contribution in [2.45, 2.75) is 11.3 Å². The van der Waals surface area contributed by atoms with E-state index in [1.807, 2.05) is 48.5 Å². The fourth-order valence-corrected chi connectivity index (χ4v) is 3.80. The molecule has 0 saturated heterocycles. The summed E-state index contributed by atoms with van der Waals surface area (Å²) in [7, 11) is 0.590. The lowest BCUT2D eigenvalue weighted by atomic mass is 10.1. The molecule has 1 heterocycles. The molecular formula is C17H17NO3S. The maximum Gasteiger partial charge on any atom is 0.231 e. The Morgan fingerprint density at radius 1 is 1.23 bits per heavy atom. The summed E-state index contributed by atoms with van der Waals surface area (Å²) in [4.78, 5) is 15.1. The van der Waals surface area contributed by atoms with Gasteiger partial charge in [-0.15, -0.1) is 0 Å². The summed E-state index contributed by atoms with van der Waals surface area (Å²) in [6.07, 6.45) is 0.304. The van der Waals surface area contributed by atoms with Gasteiger partial charge in [0.2, 0.25) is 5.91 Å². The predicted molar refractivity (Wildman–Crippen MR) is 86.8 cm³/mol. The first-order valence-electron chi connectivity index (χ1n) is 7.10. The number of benzene rings is 2. The largest absolute Gasteiger partial charge is 0.497 e. The molecule has 0 bridgehead atoms. The van der Waals surface area contributed by atoms with Crippen molar-refractivity contribution in [3.8, 4) is 5.75 Å². The Bertz CT molecular complexity index is 729. The molecule has 1 atom stereocenters. The van der Waals surface area contributed by atoms with Gasteiger partial charge < -0.3 is 9.64 Å². The molecule has 1 aliphatic rings. The zero-order chi connectivity index (χ0) is 15.5. The number of hydrogen-bond acceptors (Lipinski definition) is 3. The van der Waals surface area contributed by atoms with Gasteiger partial charge in [-0.25, -0.2) is 0 Å². The van der Waals surface area contributed by atoms with E-state index in [2.05, 4.69) is 0 Å². The molecule has 4 nitrogen and oxygen atoms in total. The Morgan fingerprint density at radius 3 is 2.86 bits per heavy atom. The SMILES string of the molecule is COc1cccc(CC(=O)N2CCS(=O)c3ccccc32)c1. The molecular weight excluding hydrogens is 298 g/mol. The van der Waals surface area contributed by atoms with Gasteiger partial charge in [-0.3, -0.25) is 9.00 Å². The molecule has 0 aliphatic carbocycles. The van der Waals surface area contributed by atoms with Crippen LogP contribution in [0.4, 0.5) is 5.69 Å². The van der Waals surface area contributed by atoms with E-state index in [9.17, 15) is 9.00 Å². The third-order valence-corrected chi connectivity index (χ3v) is 5.08. The number of nitrogens with zero attached hydrogens (tertiary/aromatic N) is 1. The fourth-order valence-electron chi connectivity index (χ4n) is 2.59. The quantitative estimate of drug-likeness (QED) is 0.874. The van der Waals surface area contributed by atoms with Gasteiger partial charge in [0, 0.05) is 12.3 Å². The third-order valence-electron chi connectivity index (χ3n) is 3.69. The van der Waals surface area contributed by atoms with Crippen LogP contribution in [0.5, 0.6) is 5.75 Å². The minimum absolute atomic E-state index is 0.0115. The maximum absolute atomic E-state index is 12.6. The monoisotopic (exact) mass is 315 g/mol. The predicted octanol–water partition coefficient (Wildman–Crippen LogP) is 2.39. The lowest BCUT2D eigenvalue weighted by molar-refractivity contribution is -0.118. The van der Waals surface area contributed by atoms with E-state index in [1.165, 1.54) is 0 Å². The molecule has 5 heteroatoms. The highest BCUT2D eigenvalue weighted by Gasteiger charge is 2.26. The molecule has 0 spiro atoms. The van der Waals surface area contributed by atoms with Gasteiger partial charge in [-0.2, -0.15) is 0 Å². The number of amides is 1. The lowest BCUT2D eigenvalue weighted by Crippen LogP contribution is -2.39. The number of fused-ring (bicyclic) bond motifs is 1. The molecule has 2 aromatic carbocycles. The normalized spacial score (nSPS) is 17.0. The van der Waals surface area contributed by atoms with Crippen LogP contribution in [-0.4, -0.2) is 29.5 Å². The first-order valence-corrected chi connectivity index (χ1v) is 8.41. The Hall–Kier alpha value is -2.14. The number of anilines is 1. The zero-order valence-electron chi connectivity index (χ0n) is 12.3. The maximum atomic E-state index is 12.6. The first kappa shape index (κ1) is 14.8.